The van der Waals surface area contributed by atoms with Crippen LogP contribution in [0.15, 0.2) is 95.9 Å². The molecule has 0 atom stereocenters. The smallest absolute Gasteiger partial charge is 0.293 e. The highest BCUT2D eigenvalue weighted by Crippen LogP contribution is 2.32. The third-order valence-electron chi connectivity index (χ3n) is 6.03. The van der Waals surface area contributed by atoms with Gasteiger partial charge in [0.1, 0.15) is 24.7 Å². The molecule has 1 saturated heterocycles. The average Bonchev–Trinajstić information content (AvgIpc) is 3.16. The first-order valence-corrected chi connectivity index (χ1v) is 12.5. The van der Waals surface area contributed by atoms with E-state index in [1.165, 1.54) is 10.5 Å². The van der Waals surface area contributed by atoms with Crippen LogP contribution in [0.1, 0.15) is 16.7 Å². The maximum Gasteiger partial charge on any atom is 0.293 e. The largest absolute Gasteiger partial charge is 0.491 e. The van der Waals surface area contributed by atoms with E-state index < -0.39 is 0 Å². The molecule has 0 aromatic heterocycles. The number of carbonyl (C=O) groups excluding carboxylic acids is 2. The summed E-state index contributed by atoms with van der Waals surface area (Å²) in [7, 11) is 0. The summed E-state index contributed by atoms with van der Waals surface area (Å²) in [5.74, 6) is 1.18. The van der Waals surface area contributed by atoms with E-state index in [0.29, 0.717) is 11.5 Å². The Kier molecular flexibility index (Phi) is 7.05. The SMILES string of the molecule is Cc1ccccc1COc1ccc(/C=C2\SC(=O)N(CCOc3cccc4ccccc34)C2=O)cc1. The third-order valence-corrected chi connectivity index (χ3v) is 6.94. The molecule has 36 heavy (non-hydrogen) atoms. The van der Waals surface area contributed by atoms with Crippen molar-refractivity contribution in [3.8, 4) is 11.5 Å². The first kappa shape index (κ1) is 23.7. The summed E-state index contributed by atoms with van der Waals surface area (Å²) in [6.07, 6.45) is 1.74. The quantitative estimate of drug-likeness (QED) is 0.251. The van der Waals surface area contributed by atoms with Crippen molar-refractivity contribution in [3.05, 3.63) is 113 Å². The minimum atomic E-state index is -0.300. The Hall–Kier alpha value is -4.03. The van der Waals surface area contributed by atoms with Crippen molar-refractivity contribution in [1.29, 1.82) is 0 Å². The molecule has 0 N–H and O–H groups in total. The number of amides is 2. The molecule has 1 heterocycles. The third kappa shape index (κ3) is 5.29. The van der Waals surface area contributed by atoms with E-state index in [9.17, 15) is 9.59 Å². The van der Waals surface area contributed by atoms with Crippen molar-refractivity contribution in [1.82, 2.24) is 4.90 Å². The van der Waals surface area contributed by atoms with Gasteiger partial charge in [0, 0.05) is 5.39 Å². The first-order chi connectivity index (χ1) is 17.6. The molecule has 5 rings (SSSR count). The molecular formula is C30H25NO4S. The van der Waals surface area contributed by atoms with Gasteiger partial charge in [0.25, 0.3) is 11.1 Å². The molecule has 1 aliphatic heterocycles. The summed E-state index contributed by atoms with van der Waals surface area (Å²) < 4.78 is 11.8. The molecule has 6 heteroatoms. The van der Waals surface area contributed by atoms with Gasteiger partial charge in [-0.25, -0.2) is 0 Å². The van der Waals surface area contributed by atoms with E-state index in [1.807, 2.05) is 84.9 Å². The molecule has 0 saturated carbocycles. The summed E-state index contributed by atoms with van der Waals surface area (Å²) in [6.45, 7) is 2.97. The standard InChI is InChI=1S/C30H25NO4S/c1-21-7-2-3-9-24(21)20-35-25-15-13-22(14-16-25)19-28-29(32)31(30(33)36-28)17-18-34-27-12-6-10-23-8-4-5-11-26(23)27/h2-16,19H,17-18,20H2,1H3/b28-19-. The number of hydrogen-bond acceptors (Lipinski definition) is 5. The molecule has 180 valence electrons. The normalized spacial score (nSPS) is 14.6. The molecule has 4 aromatic rings. The number of fused-ring (bicyclic) bond motifs is 1. The molecule has 0 spiro atoms. The van der Waals surface area contributed by atoms with Crippen molar-refractivity contribution in [3.63, 3.8) is 0 Å². The van der Waals surface area contributed by atoms with Gasteiger partial charge < -0.3 is 9.47 Å². The van der Waals surface area contributed by atoms with Gasteiger partial charge in [-0.05, 0) is 65.0 Å². The molecule has 1 fully saturated rings. The van der Waals surface area contributed by atoms with Crippen LogP contribution < -0.4 is 9.47 Å². The molecule has 0 unspecified atom stereocenters. The molecule has 1 aliphatic rings. The van der Waals surface area contributed by atoms with Gasteiger partial charge in [-0.15, -0.1) is 0 Å². The lowest BCUT2D eigenvalue weighted by Gasteiger charge is -2.14. The van der Waals surface area contributed by atoms with Crippen molar-refractivity contribution >= 4 is 39.8 Å². The number of nitrogens with zero attached hydrogens (tertiary/aromatic N) is 1. The van der Waals surface area contributed by atoms with Crippen LogP contribution in [-0.2, 0) is 11.4 Å². The Balaban J connectivity index is 1.18. The van der Waals surface area contributed by atoms with E-state index in [-0.39, 0.29) is 24.3 Å². The average molecular weight is 496 g/mol. The predicted molar refractivity (Wildman–Crippen MR) is 144 cm³/mol. The molecule has 4 aromatic carbocycles. The zero-order valence-corrected chi connectivity index (χ0v) is 20.7. The van der Waals surface area contributed by atoms with Gasteiger partial charge >= 0.3 is 0 Å². The Morgan fingerprint density at radius 1 is 0.833 bits per heavy atom. The first-order valence-electron chi connectivity index (χ1n) is 11.7. The van der Waals surface area contributed by atoms with Gasteiger partial charge in [0.05, 0.1) is 11.4 Å². The fourth-order valence-electron chi connectivity index (χ4n) is 4.01. The summed E-state index contributed by atoms with van der Waals surface area (Å²) >= 11 is 0.951. The monoisotopic (exact) mass is 495 g/mol. The summed E-state index contributed by atoms with van der Waals surface area (Å²) in [6, 6.07) is 29.4. The number of rotatable bonds is 8. The van der Waals surface area contributed by atoms with Crippen LogP contribution in [0.4, 0.5) is 4.79 Å². The van der Waals surface area contributed by atoms with Crippen LogP contribution in [0, 0.1) is 6.92 Å². The van der Waals surface area contributed by atoms with Crippen LogP contribution >= 0.6 is 11.8 Å². The Labute approximate surface area is 214 Å². The topological polar surface area (TPSA) is 55.8 Å². The molecule has 0 aliphatic carbocycles. The molecular weight excluding hydrogens is 470 g/mol. The zero-order valence-electron chi connectivity index (χ0n) is 19.8. The van der Waals surface area contributed by atoms with Crippen LogP contribution in [0.5, 0.6) is 11.5 Å². The fourth-order valence-corrected chi connectivity index (χ4v) is 4.87. The highest BCUT2D eigenvalue weighted by Gasteiger charge is 2.34. The summed E-state index contributed by atoms with van der Waals surface area (Å²) in [5, 5.41) is 1.79. The minimum Gasteiger partial charge on any atom is -0.491 e. The zero-order chi connectivity index (χ0) is 24.9. The summed E-state index contributed by atoms with van der Waals surface area (Å²) in [5.41, 5.74) is 3.16. The molecule has 0 radical (unpaired) electrons. The van der Waals surface area contributed by atoms with E-state index in [4.69, 9.17) is 9.47 Å². The molecule has 2 amide bonds. The van der Waals surface area contributed by atoms with Crippen LogP contribution in [0.25, 0.3) is 16.8 Å². The number of ether oxygens (including phenoxy) is 2. The number of carbonyl (C=O) groups is 2. The highest BCUT2D eigenvalue weighted by molar-refractivity contribution is 8.18. The minimum absolute atomic E-state index is 0.191. The highest BCUT2D eigenvalue weighted by atomic mass is 32.2. The lowest BCUT2D eigenvalue weighted by molar-refractivity contribution is -0.123. The lowest BCUT2D eigenvalue weighted by atomic mass is 10.1. The van der Waals surface area contributed by atoms with Gasteiger partial charge in [0.15, 0.2) is 0 Å². The van der Waals surface area contributed by atoms with Crippen LogP contribution in [0.3, 0.4) is 0 Å². The maximum atomic E-state index is 12.9. The fraction of sp³-hybridized carbons (Fsp3) is 0.133. The Bertz CT molecular complexity index is 1440. The second kappa shape index (κ2) is 10.7. The van der Waals surface area contributed by atoms with Crippen LogP contribution in [0.2, 0.25) is 0 Å². The van der Waals surface area contributed by atoms with Gasteiger partial charge in [-0.2, -0.15) is 0 Å². The second-order valence-electron chi connectivity index (χ2n) is 8.44. The predicted octanol–water partition coefficient (Wildman–Crippen LogP) is 6.84. The Morgan fingerprint density at radius 3 is 2.42 bits per heavy atom. The lowest BCUT2D eigenvalue weighted by Crippen LogP contribution is -2.32. The van der Waals surface area contributed by atoms with Crippen molar-refractivity contribution in [2.24, 2.45) is 0 Å². The molecule has 0 bridgehead atoms. The maximum absolute atomic E-state index is 12.9. The van der Waals surface area contributed by atoms with E-state index in [0.717, 1.165) is 45.2 Å². The van der Waals surface area contributed by atoms with Crippen molar-refractivity contribution < 1.29 is 19.1 Å². The van der Waals surface area contributed by atoms with Crippen molar-refractivity contribution in [2.75, 3.05) is 13.2 Å². The number of benzene rings is 4. The van der Waals surface area contributed by atoms with E-state index in [2.05, 4.69) is 13.0 Å². The van der Waals surface area contributed by atoms with Gasteiger partial charge in [-0.3, -0.25) is 14.5 Å². The van der Waals surface area contributed by atoms with Crippen LogP contribution in [-0.4, -0.2) is 29.2 Å². The number of aryl methyl sites for hydroxylation is 1. The van der Waals surface area contributed by atoms with E-state index in [1.54, 1.807) is 6.08 Å². The second-order valence-corrected chi connectivity index (χ2v) is 9.44. The number of hydrogen-bond donors (Lipinski definition) is 0. The number of imide groups is 1. The Morgan fingerprint density at radius 2 is 1.58 bits per heavy atom. The van der Waals surface area contributed by atoms with Crippen molar-refractivity contribution in [2.45, 2.75) is 13.5 Å². The number of thioether (sulfide) groups is 1. The molecule has 5 nitrogen and oxygen atoms in total. The summed E-state index contributed by atoms with van der Waals surface area (Å²) in [4.78, 5) is 27.0. The van der Waals surface area contributed by atoms with Gasteiger partial charge in [0.2, 0.25) is 0 Å². The van der Waals surface area contributed by atoms with E-state index >= 15 is 0 Å². The van der Waals surface area contributed by atoms with Gasteiger partial charge in [-0.1, -0.05) is 72.8 Å².